The maximum atomic E-state index is 12.7. The van der Waals surface area contributed by atoms with Gasteiger partial charge >= 0.3 is 0 Å². The van der Waals surface area contributed by atoms with E-state index in [1.54, 1.807) is 0 Å². The van der Waals surface area contributed by atoms with Crippen LogP contribution in [0.1, 0.15) is 37.4 Å². The first-order valence-electron chi connectivity index (χ1n) is 13.7. The number of hydrogen-bond acceptors (Lipinski definition) is 10. The summed E-state index contributed by atoms with van der Waals surface area (Å²) < 4.78 is 115. The molecule has 4 aromatic carbocycles. The molecule has 0 saturated heterocycles. The van der Waals surface area contributed by atoms with E-state index in [1.165, 1.54) is 72.8 Å². The van der Waals surface area contributed by atoms with E-state index in [4.69, 9.17) is 0 Å². The Balaban J connectivity index is 1.58. The molecule has 0 aliphatic heterocycles. The first-order chi connectivity index (χ1) is 22.6. The van der Waals surface area contributed by atoms with Gasteiger partial charge < -0.3 is 10.6 Å². The third kappa shape index (κ3) is 10.1. The zero-order valence-electron chi connectivity index (χ0n) is 25.6. The van der Waals surface area contributed by atoms with Crippen LogP contribution in [-0.4, -0.2) is 67.1 Å². The van der Waals surface area contributed by atoms with Crippen LogP contribution in [0.3, 0.4) is 0 Å². The molecule has 4 rings (SSSR count). The highest BCUT2D eigenvalue weighted by Gasteiger charge is 2.19. The van der Waals surface area contributed by atoms with Crippen LogP contribution in [-0.2, 0) is 45.7 Å². The zero-order chi connectivity index (χ0) is 36.4. The summed E-state index contributed by atoms with van der Waals surface area (Å²) in [7, 11) is -16.6. The van der Waals surface area contributed by atoms with Crippen molar-refractivity contribution >= 4 is 75.3 Å². The van der Waals surface area contributed by atoms with Gasteiger partial charge in [-0.05, 0) is 77.4 Å². The van der Waals surface area contributed by atoms with Gasteiger partial charge in [0.1, 0.15) is 9.79 Å². The van der Waals surface area contributed by atoms with Crippen molar-refractivity contribution in [3.8, 4) is 0 Å². The van der Waals surface area contributed by atoms with Crippen LogP contribution >= 0.6 is 0 Å². The van der Waals surface area contributed by atoms with Gasteiger partial charge in [0, 0.05) is 35.0 Å². The Kier molecular flexibility index (Phi) is 10.6. The number of hydrogen-bond donors (Lipinski definition) is 4. The van der Waals surface area contributed by atoms with Crippen molar-refractivity contribution in [2.75, 3.05) is 23.1 Å². The molecule has 0 fully saturated rings. The zero-order valence-corrected chi connectivity index (χ0v) is 28.8. The van der Waals surface area contributed by atoms with Gasteiger partial charge in [-0.15, -0.1) is 0 Å². The lowest BCUT2D eigenvalue weighted by atomic mass is 10.1. The Hall–Kier alpha value is -4.72. The molecule has 0 radical (unpaired) electrons. The molecule has 4 aromatic rings. The Labute approximate surface area is 282 Å². The van der Waals surface area contributed by atoms with Gasteiger partial charge in [0.05, 0.1) is 10.6 Å². The lowest BCUT2D eigenvalue weighted by molar-refractivity contribution is 0.101. The highest BCUT2D eigenvalue weighted by atomic mass is 32.2. The minimum Gasteiger partial charge on any atom is -0.322 e. The standard InChI is InChI=1S/C31H28N2O12S4/c1-46(36,37)19-20-3-5-23(6-4-20)30(34)32-25-13-9-21(28(17-25)48(40,41)42)7-8-22-10-14-26(18-29(22)49(43,44)45)33-31(35)24-11-15-27(16-12-24)47(2,38)39/h3-18H,19H2,1-2H3,(H,32,34)(H,33,35)(H,40,41,42)(H,43,44,45). The number of nitrogens with one attached hydrogen (secondary N) is 2. The molecule has 0 aliphatic rings. The second-order valence-electron chi connectivity index (χ2n) is 10.8. The molecule has 49 heavy (non-hydrogen) atoms. The molecule has 0 spiro atoms. The van der Waals surface area contributed by atoms with Crippen molar-refractivity contribution < 1.29 is 52.4 Å². The number of carbonyl (C=O) groups is 2. The summed E-state index contributed by atoms with van der Waals surface area (Å²) in [6.07, 6.45) is 4.35. The van der Waals surface area contributed by atoms with Crippen LogP contribution in [0.5, 0.6) is 0 Å². The fraction of sp³-hybridized carbons (Fsp3) is 0.0968. The SMILES string of the molecule is CS(=O)(=O)Cc1ccc(C(=O)Nc2ccc(C=Cc3ccc(NC(=O)c4ccc(S(C)(=O)=O)cc4)cc3S(=O)(=O)O)c(S(=O)(=O)O)c2)cc1. The molecule has 0 saturated carbocycles. The number of rotatable bonds is 11. The van der Waals surface area contributed by atoms with Crippen LogP contribution in [0, 0.1) is 0 Å². The number of sulfone groups is 2. The molecule has 0 aromatic heterocycles. The van der Waals surface area contributed by atoms with E-state index >= 15 is 0 Å². The average molecular weight is 749 g/mol. The Morgan fingerprint density at radius 1 is 0.592 bits per heavy atom. The highest BCUT2D eigenvalue weighted by Crippen LogP contribution is 2.27. The molecule has 0 bridgehead atoms. The first-order valence-corrected chi connectivity index (χ1v) is 20.5. The topological polar surface area (TPSA) is 235 Å². The minimum absolute atomic E-state index is 0.0129. The summed E-state index contributed by atoms with van der Waals surface area (Å²) in [5.41, 5.74) is 0.323. The minimum atomic E-state index is -4.89. The lowest BCUT2D eigenvalue weighted by Crippen LogP contribution is -2.13. The first kappa shape index (κ1) is 37.1. The molecule has 2 amide bonds. The number of anilines is 2. The second kappa shape index (κ2) is 14.0. The molecule has 0 unspecified atom stereocenters. The fourth-order valence-corrected chi connectivity index (χ4v) is 7.29. The third-order valence-electron chi connectivity index (χ3n) is 6.73. The summed E-state index contributed by atoms with van der Waals surface area (Å²) in [5, 5.41) is 4.93. The summed E-state index contributed by atoms with van der Waals surface area (Å²) in [6, 6.07) is 17.6. The van der Waals surface area contributed by atoms with Crippen molar-refractivity contribution in [3.63, 3.8) is 0 Å². The molecular formula is C31H28N2O12S4. The van der Waals surface area contributed by atoms with Gasteiger partial charge in [0.2, 0.25) is 0 Å². The predicted octanol–water partition coefficient (Wildman–Crippen LogP) is 3.80. The van der Waals surface area contributed by atoms with Crippen LogP contribution in [0.25, 0.3) is 12.2 Å². The maximum absolute atomic E-state index is 12.7. The molecule has 18 heteroatoms. The molecule has 0 heterocycles. The van der Waals surface area contributed by atoms with E-state index in [0.29, 0.717) is 5.56 Å². The van der Waals surface area contributed by atoms with Crippen molar-refractivity contribution in [2.45, 2.75) is 20.4 Å². The largest absolute Gasteiger partial charge is 0.322 e. The van der Waals surface area contributed by atoms with Crippen LogP contribution in [0.2, 0.25) is 0 Å². The molecule has 4 N–H and O–H groups in total. The van der Waals surface area contributed by atoms with Crippen LogP contribution < -0.4 is 10.6 Å². The van der Waals surface area contributed by atoms with Crippen LogP contribution in [0.15, 0.2) is 99.6 Å². The fourth-order valence-electron chi connectivity index (χ4n) is 4.44. The lowest BCUT2D eigenvalue weighted by Gasteiger charge is -2.11. The normalized spacial score (nSPS) is 12.5. The summed E-state index contributed by atoms with van der Waals surface area (Å²) in [5.74, 6) is -1.59. The maximum Gasteiger partial charge on any atom is 0.295 e. The van der Waals surface area contributed by atoms with E-state index in [-0.39, 0.29) is 44.3 Å². The van der Waals surface area contributed by atoms with Crippen molar-refractivity contribution in [1.29, 1.82) is 0 Å². The van der Waals surface area contributed by atoms with E-state index in [9.17, 15) is 52.4 Å². The second-order valence-corrected chi connectivity index (χ2v) is 17.7. The monoisotopic (exact) mass is 748 g/mol. The van der Waals surface area contributed by atoms with Crippen LogP contribution in [0.4, 0.5) is 11.4 Å². The van der Waals surface area contributed by atoms with Crippen molar-refractivity contribution in [1.82, 2.24) is 0 Å². The molecule has 0 atom stereocenters. The molecule has 258 valence electrons. The molecular weight excluding hydrogens is 721 g/mol. The molecule has 0 aliphatic carbocycles. The third-order valence-corrected chi connectivity index (χ3v) is 10.5. The molecule has 14 nitrogen and oxygen atoms in total. The van der Waals surface area contributed by atoms with E-state index in [2.05, 4.69) is 10.6 Å². The quantitative estimate of drug-likeness (QED) is 0.127. The van der Waals surface area contributed by atoms with E-state index in [1.807, 2.05) is 0 Å². The summed E-state index contributed by atoms with van der Waals surface area (Å²) in [4.78, 5) is 24.1. The Morgan fingerprint density at radius 3 is 1.33 bits per heavy atom. The Morgan fingerprint density at radius 2 is 0.980 bits per heavy atom. The summed E-state index contributed by atoms with van der Waals surface area (Å²) in [6.45, 7) is 0. The van der Waals surface area contributed by atoms with Gasteiger partial charge in [-0.1, -0.05) is 36.4 Å². The summed E-state index contributed by atoms with van der Waals surface area (Å²) >= 11 is 0. The van der Waals surface area contributed by atoms with E-state index in [0.717, 1.165) is 36.8 Å². The van der Waals surface area contributed by atoms with Crippen molar-refractivity contribution in [3.05, 3.63) is 113 Å². The van der Waals surface area contributed by atoms with Crippen molar-refractivity contribution in [2.24, 2.45) is 0 Å². The number of carbonyl (C=O) groups excluding carboxylic acids is 2. The van der Waals surface area contributed by atoms with Gasteiger partial charge in [-0.25, -0.2) is 16.8 Å². The predicted molar refractivity (Wildman–Crippen MR) is 182 cm³/mol. The van der Waals surface area contributed by atoms with Gasteiger partial charge in [0.25, 0.3) is 32.1 Å². The number of amides is 2. The van der Waals surface area contributed by atoms with Gasteiger partial charge in [-0.3, -0.25) is 18.7 Å². The highest BCUT2D eigenvalue weighted by molar-refractivity contribution is 7.90. The smallest absolute Gasteiger partial charge is 0.295 e. The number of benzene rings is 4. The van der Waals surface area contributed by atoms with Gasteiger partial charge in [-0.2, -0.15) is 16.8 Å². The van der Waals surface area contributed by atoms with Gasteiger partial charge in [0.15, 0.2) is 19.7 Å². The van der Waals surface area contributed by atoms with E-state index < -0.39 is 61.5 Å². The average Bonchev–Trinajstić information content (AvgIpc) is 2.99. The Bertz CT molecular complexity index is 2420.